The smallest absolute Gasteiger partial charge is 0.335 e. The van der Waals surface area contributed by atoms with E-state index in [2.05, 4.69) is 6.58 Å². The first-order valence-electron chi connectivity index (χ1n) is 3.46. The lowest BCUT2D eigenvalue weighted by atomic mass is 10.2. The molecule has 0 saturated heterocycles. The van der Waals surface area contributed by atoms with Crippen molar-refractivity contribution in [2.45, 2.75) is 18.9 Å². The van der Waals surface area contributed by atoms with Crippen LogP contribution in [0.4, 0.5) is 0 Å². The molecule has 0 aromatic heterocycles. The van der Waals surface area contributed by atoms with Crippen LogP contribution in [0.2, 0.25) is 0 Å². The van der Waals surface area contributed by atoms with Gasteiger partial charge in [0.05, 0.1) is 6.08 Å². The molecule has 3 nitrogen and oxygen atoms in total. The van der Waals surface area contributed by atoms with Crippen molar-refractivity contribution in [1.29, 1.82) is 0 Å². The van der Waals surface area contributed by atoms with Crippen molar-refractivity contribution in [1.82, 2.24) is 0 Å². The second kappa shape index (κ2) is 3.23. The van der Waals surface area contributed by atoms with Crippen LogP contribution in [0.1, 0.15) is 12.8 Å². The zero-order valence-corrected chi connectivity index (χ0v) is 6.12. The highest BCUT2D eigenvalue weighted by atomic mass is 16.6. The van der Waals surface area contributed by atoms with Gasteiger partial charge in [0.25, 0.3) is 0 Å². The molecule has 1 unspecified atom stereocenters. The maximum absolute atomic E-state index is 10.5. The first kappa shape index (κ1) is 7.85. The average Bonchev–Trinajstić information content (AvgIpc) is 2.26. The predicted octanol–water partition coefficient (Wildman–Crippen LogP) is 1.32. The van der Waals surface area contributed by atoms with Gasteiger partial charge in [-0.2, -0.15) is 0 Å². The Kier molecular flexibility index (Phi) is 2.31. The highest BCUT2D eigenvalue weighted by Gasteiger charge is 2.24. The monoisotopic (exact) mass is 154 g/mol. The van der Waals surface area contributed by atoms with E-state index >= 15 is 0 Å². The third-order valence-corrected chi connectivity index (χ3v) is 1.49. The Labute approximate surface area is 65.0 Å². The Balaban J connectivity index is 2.43. The summed E-state index contributed by atoms with van der Waals surface area (Å²) in [4.78, 5) is 10.5. The SMILES string of the molecule is C=CCCC1OC(=O)C=C1O. The minimum absolute atomic E-state index is 0.0249. The molecule has 1 aliphatic heterocycles. The van der Waals surface area contributed by atoms with Crippen molar-refractivity contribution in [2.24, 2.45) is 0 Å². The van der Waals surface area contributed by atoms with Crippen LogP contribution in [0, 0.1) is 0 Å². The zero-order chi connectivity index (χ0) is 8.27. The van der Waals surface area contributed by atoms with Gasteiger partial charge in [-0.25, -0.2) is 4.79 Å². The van der Waals surface area contributed by atoms with Crippen molar-refractivity contribution in [2.75, 3.05) is 0 Å². The topological polar surface area (TPSA) is 46.5 Å². The molecule has 0 aromatic rings. The predicted molar refractivity (Wildman–Crippen MR) is 40.0 cm³/mol. The van der Waals surface area contributed by atoms with Crippen LogP contribution in [0.15, 0.2) is 24.5 Å². The van der Waals surface area contributed by atoms with E-state index in [1.54, 1.807) is 6.08 Å². The number of cyclic esters (lactones) is 1. The van der Waals surface area contributed by atoms with Crippen LogP contribution in [0.3, 0.4) is 0 Å². The number of carbonyl (C=O) groups excluding carboxylic acids is 1. The average molecular weight is 154 g/mol. The maximum atomic E-state index is 10.5. The highest BCUT2D eigenvalue weighted by molar-refractivity contribution is 5.85. The zero-order valence-electron chi connectivity index (χ0n) is 6.12. The van der Waals surface area contributed by atoms with Crippen LogP contribution < -0.4 is 0 Å². The van der Waals surface area contributed by atoms with Gasteiger partial charge in [-0.1, -0.05) is 6.08 Å². The second-order valence-corrected chi connectivity index (χ2v) is 2.36. The summed E-state index contributed by atoms with van der Waals surface area (Å²) in [6.45, 7) is 3.52. The lowest BCUT2D eigenvalue weighted by molar-refractivity contribution is -0.139. The molecule has 11 heavy (non-hydrogen) atoms. The van der Waals surface area contributed by atoms with Gasteiger partial charge >= 0.3 is 5.97 Å². The minimum Gasteiger partial charge on any atom is -0.508 e. The Bertz CT molecular complexity index is 205. The summed E-state index contributed by atoms with van der Waals surface area (Å²) in [5.41, 5.74) is 0. The Morgan fingerprint density at radius 3 is 3.00 bits per heavy atom. The molecule has 0 aliphatic carbocycles. The molecule has 0 saturated carbocycles. The molecule has 1 aliphatic rings. The van der Waals surface area contributed by atoms with Gasteiger partial charge in [0.1, 0.15) is 5.76 Å². The molecule has 1 N–H and O–H groups in total. The summed E-state index contributed by atoms with van der Waals surface area (Å²) in [5.74, 6) is -0.437. The summed E-state index contributed by atoms with van der Waals surface area (Å²) in [6, 6.07) is 0. The molecule has 1 atom stereocenters. The van der Waals surface area contributed by atoms with Crippen LogP contribution in [-0.4, -0.2) is 17.2 Å². The van der Waals surface area contributed by atoms with E-state index in [1.165, 1.54) is 0 Å². The molecule has 0 aromatic carbocycles. The van der Waals surface area contributed by atoms with E-state index in [1.807, 2.05) is 0 Å². The lowest BCUT2D eigenvalue weighted by Gasteiger charge is -2.07. The fraction of sp³-hybridized carbons (Fsp3) is 0.375. The number of carbonyl (C=O) groups is 1. The van der Waals surface area contributed by atoms with Gasteiger partial charge in [-0.05, 0) is 12.8 Å². The quantitative estimate of drug-likeness (QED) is 0.492. The van der Waals surface area contributed by atoms with Crippen LogP contribution in [0.5, 0.6) is 0 Å². The number of allylic oxidation sites excluding steroid dienone is 1. The third-order valence-electron chi connectivity index (χ3n) is 1.49. The number of esters is 1. The number of hydrogen-bond donors (Lipinski definition) is 1. The van der Waals surface area contributed by atoms with E-state index < -0.39 is 12.1 Å². The number of aliphatic hydroxyl groups excluding tert-OH is 1. The van der Waals surface area contributed by atoms with E-state index in [0.29, 0.717) is 6.42 Å². The second-order valence-electron chi connectivity index (χ2n) is 2.36. The van der Waals surface area contributed by atoms with E-state index in [4.69, 9.17) is 9.84 Å². The minimum atomic E-state index is -0.462. The number of hydrogen-bond acceptors (Lipinski definition) is 3. The van der Waals surface area contributed by atoms with Crippen molar-refractivity contribution < 1.29 is 14.6 Å². The van der Waals surface area contributed by atoms with E-state index in [0.717, 1.165) is 12.5 Å². The van der Waals surface area contributed by atoms with E-state index in [-0.39, 0.29) is 5.76 Å². The summed E-state index contributed by atoms with van der Waals surface area (Å²) in [7, 11) is 0. The Morgan fingerprint density at radius 1 is 1.82 bits per heavy atom. The van der Waals surface area contributed by atoms with E-state index in [9.17, 15) is 4.79 Å². The van der Waals surface area contributed by atoms with Gasteiger partial charge < -0.3 is 9.84 Å². The van der Waals surface area contributed by atoms with Crippen molar-refractivity contribution >= 4 is 5.97 Å². The van der Waals surface area contributed by atoms with Crippen molar-refractivity contribution in [3.63, 3.8) is 0 Å². The summed E-state index contributed by atoms with van der Waals surface area (Å²) >= 11 is 0. The molecule has 0 amide bonds. The standard InChI is InChI=1S/C8H10O3/c1-2-3-4-7-6(9)5-8(10)11-7/h2,5,7,9H,1,3-4H2. The maximum Gasteiger partial charge on any atom is 0.335 e. The molecule has 0 radical (unpaired) electrons. The first-order chi connectivity index (χ1) is 5.24. The van der Waals surface area contributed by atoms with Crippen molar-refractivity contribution in [3.05, 3.63) is 24.5 Å². The summed E-state index contributed by atoms with van der Waals surface area (Å²) in [5, 5.41) is 9.07. The fourth-order valence-electron chi connectivity index (χ4n) is 0.924. The highest BCUT2D eigenvalue weighted by Crippen LogP contribution is 2.17. The van der Waals surface area contributed by atoms with Crippen LogP contribution in [-0.2, 0) is 9.53 Å². The summed E-state index contributed by atoms with van der Waals surface area (Å²) in [6.07, 6.45) is 3.72. The van der Waals surface area contributed by atoms with Crippen LogP contribution in [0.25, 0.3) is 0 Å². The molecule has 3 heteroatoms. The molecule has 60 valence electrons. The summed E-state index contributed by atoms with van der Waals surface area (Å²) < 4.78 is 4.75. The molecular weight excluding hydrogens is 144 g/mol. The van der Waals surface area contributed by atoms with Gasteiger partial charge in [-0.15, -0.1) is 6.58 Å². The molecule has 0 fully saturated rings. The lowest BCUT2D eigenvalue weighted by Crippen LogP contribution is -2.10. The van der Waals surface area contributed by atoms with Crippen LogP contribution >= 0.6 is 0 Å². The molecule has 0 bridgehead atoms. The first-order valence-corrected chi connectivity index (χ1v) is 3.46. The van der Waals surface area contributed by atoms with Gasteiger partial charge in [0, 0.05) is 0 Å². The van der Waals surface area contributed by atoms with Crippen molar-refractivity contribution in [3.8, 4) is 0 Å². The van der Waals surface area contributed by atoms with Gasteiger partial charge in [0.15, 0.2) is 6.10 Å². The Hall–Kier alpha value is -1.25. The van der Waals surface area contributed by atoms with Gasteiger partial charge in [0.2, 0.25) is 0 Å². The molecular formula is C8H10O3. The normalized spacial score (nSPS) is 22.7. The molecule has 0 spiro atoms. The third kappa shape index (κ3) is 1.83. The number of ether oxygens (including phenoxy) is 1. The molecule has 1 heterocycles. The Morgan fingerprint density at radius 2 is 2.55 bits per heavy atom. The largest absolute Gasteiger partial charge is 0.508 e. The van der Waals surface area contributed by atoms with Gasteiger partial charge in [-0.3, -0.25) is 0 Å². The number of rotatable bonds is 3. The number of aliphatic hydroxyl groups is 1. The fourth-order valence-corrected chi connectivity index (χ4v) is 0.924. The molecule has 1 rings (SSSR count).